The number of hydrogen-bond acceptors (Lipinski definition) is 4. The molecule has 2 aliphatic rings. The summed E-state index contributed by atoms with van der Waals surface area (Å²) in [7, 11) is 0. The monoisotopic (exact) mass is 368 g/mol. The van der Waals surface area contributed by atoms with Gasteiger partial charge in [-0.25, -0.2) is 10.2 Å². The predicted molar refractivity (Wildman–Crippen MR) is 102 cm³/mol. The third kappa shape index (κ3) is 3.47. The maximum atomic E-state index is 12.9. The van der Waals surface area contributed by atoms with Gasteiger partial charge in [0, 0.05) is 22.9 Å². The number of aromatic nitrogens is 2. The molecule has 1 unspecified atom stereocenters. The zero-order valence-electron chi connectivity index (χ0n) is 15.2. The number of nitrogens with one attached hydrogen (secondary N) is 3. The van der Waals surface area contributed by atoms with E-state index in [9.17, 15) is 14.4 Å². The van der Waals surface area contributed by atoms with Crippen LogP contribution < -0.4 is 22.1 Å². The molecule has 1 heterocycles. The zero-order chi connectivity index (χ0) is 18.8. The summed E-state index contributed by atoms with van der Waals surface area (Å²) in [4.78, 5) is 40.6. The number of nitrogens with zero attached hydrogens (tertiary/aromatic N) is 1. The van der Waals surface area contributed by atoms with Crippen molar-refractivity contribution in [3.05, 3.63) is 68.0 Å². The van der Waals surface area contributed by atoms with Crippen molar-refractivity contribution in [1.82, 2.24) is 20.4 Å². The van der Waals surface area contributed by atoms with Gasteiger partial charge in [-0.2, -0.15) is 0 Å². The summed E-state index contributed by atoms with van der Waals surface area (Å²) in [5.74, 6) is -0.248. The molecule has 1 aromatic heterocycles. The van der Waals surface area contributed by atoms with Crippen LogP contribution in [0.2, 0.25) is 0 Å². The Morgan fingerprint density at radius 3 is 2.52 bits per heavy atom. The highest BCUT2D eigenvalue weighted by Crippen LogP contribution is 2.29. The van der Waals surface area contributed by atoms with E-state index >= 15 is 0 Å². The molecule has 1 atom stereocenters. The maximum absolute atomic E-state index is 12.9. The Morgan fingerprint density at radius 1 is 1.04 bits per heavy atom. The van der Waals surface area contributed by atoms with Gasteiger partial charge < -0.3 is 4.98 Å². The molecule has 2 aromatic rings. The first-order valence-electron chi connectivity index (χ1n) is 9.63. The number of rotatable bonds is 4. The Labute approximate surface area is 156 Å². The minimum atomic E-state index is -0.339. The summed E-state index contributed by atoms with van der Waals surface area (Å²) in [5, 5.41) is 0. The van der Waals surface area contributed by atoms with Crippen molar-refractivity contribution >= 4 is 5.91 Å². The summed E-state index contributed by atoms with van der Waals surface area (Å²) in [6, 6.07) is 8.63. The number of hydrogen-bond donors (Lipinski definition) is 3. The molecule has 1 amide bonds. The third-order valence-electron chi connectivity index (χ3n) is 5.63. The molecule has 0 spiro atoms. The Balaban J connectivity index is 1.53. The average Bonchev–Trinajstić information content (AvgIpc) is 3.10. The maximum Gasteiger partial charge on any atom is 0.328 e. The summed E-state index contributed by atoms with van der Waals surface area (Å²) >= 11 is 0. The minimum absolute atomic E-state index is 0.00472. The molecule has 4 rings (SSSR count). The van der Waals surface area contributed by atoms with Gasteiger partial charge in [0.15, 0.2) is 0 Å². The first-order valence-corrected chi connectivity index (χ1v) is 9.63. The highest BCUT2D eigenvalue weighted by molar-refractivity contribution is 5.93. The van der Waals surface area contributed by atoms with E-state index in [0.717, 1.165) is 25.7 Å². The summed E-state index contributed by atoms with van der Waals surface area (Å²) < 4.78 is 1.42. The van der Waals surface area contributed by atoms with E-state index in [2.05, 4.69) is 15.8 Å². The molecule has 0 bridgehead atoms. The number of carbonyl (C=O) groups is 1. The van der Waals surface area contributed by atoms with E-state index in [1.807, 2.05) is 6.07 Å². The van der Waals surface area contributed by atoms with Crippen molar-refractivity contribution in [1.29, 1.82) is 0 Å². The second-order valence-corrected chi connectivity index (χ2v) is 7.35. The molecule has 142 valence electrons. The fourth-order valence-corrected chi connectivity index (χ4v) is 4.21. The lowest BCUT2D eigenvalue weighted by molar-refractivity contribution is 0.0924. The minimum Gasteiger partial charge on any atom is -0.309 e. The largest absolute Gasteiger partial charge is 0.328 e. The van der Waals surface area contributed by atoms with Gasteiger partial charge in [-0.15, -0.1) is 0 Å². The van der Waals surface area contributed by atoms with Crippen LogP contribution >= 0.6 is 0 Å². The number of benzene rings is 1. The lowest BCUT2D eigenvalue weighted by Crippen LogP contribution is -2.43. The summed E-state index contributed by atoms with van der Waals surface area (Å²) in [5.41, 5.74) is 6.95. The van der Waals surface area contributed by atoms with E-state index in [1.165, 1.54) is 11.0 Å². The molecule has 27 heavy (non-hydrogen) atoms. The van der Waals surface area contributed by atoms with Gasteiger partial charge in [-0.05, 0) is 37.8 Å². The Hall–Kier alpha value is -2.67. The van der Waals surface area contributed by atoms with Crippen LogP contribution in [0.1, 0.15) is 72.2 Å². The molecule has 2 aliphatic carbocycles. The van der Waals surface area contributed by atoms with Crippen LogP contribution in [0.15, 0.2) is 39.9 Å². The molecule has 0 radical (unpaired) electrons. The van der Waals surface area contributed by atoms with Gasteiger partial charge in [0.05, 0.1) is 6.04 Å². The Kier molecular flexibility index (Phi) is 4.94. The third-order valence-corrected chi connectivity index (χ3v) is 5.63. The standard InChI is InChI=1S/C20H24N4O3/c25-18(13-7-3-1-4-8-13)23-22-16-12-11-15-17(16)21-20(27)24(19(15)26)14-9-5-2-6-10-14/h1,3-4,7-8,14,16,22H,2,5-6,9-12H2,(H,21,27)(H,23,25). The highest BCUT2D eigenvalue weighted by atomic mass is 16.2. The van der Waals surface area contributed by atoms with Crippen LogP contribution in [0.3, 0.4) is 0 Å². The van der Waals surface area contributed by atoms with E-state index in [0.29, 0.717) is 29.7 Å². The van der Waals surface area contributed by atoms with E-state index in [4.69, 9.17) is 0 Å². The first-order chi connectivity index (χ1) is 13.1. The van der Waals surface area contributed by atoms with Crippen LogP contribution in [-0.4, -0.2) is 15.5 Å². The predicted octanol–water partition coefficient (Wildman–Crippen LogP) is 1.96. The lowest BCUT2D eigenvalue weighted by Gasteiger charge is -2.23. The van der Waals surface area contributed by atoms with Gasteiger partial charge >= 0.3 is 5.69 Å². The van der Waals surface area contributed by atoms with Crippen molar-refractivity contribution < 1.29 is 4.79 Å². The van der Waals surface area contributed by atoms with Crippen molar-refractivity contribution in [3.8, 4) is 0 Å². The number of fused-ring (bicyclic) bond motifs is 1. The number of carbonyl (C=O) groups excluding carboxylic acids is 1. The number of amides is 1. The van der Waals surface area contributed by atoms with Crippen molar-refractivity contribution in [2.75, 3.05) is 0 Å². The first kappa shape index (κ1) is 17.7. The zero-order valence-corrected chi connectivity index (χ0v) is 15.2. The van der Waals surface area contributed by atoms with Gasteiger partial charge in [0.2, 0.25) is 0 Å². The normalized spacial score (nSPS) is 19.6. The quantitative estimate of drug-likeness (QED) is 0.719. The molecular weight excluding hydrogens is 344 g/mol. The van der Waals surface area contributed by atoms with Crippen LogP contribution in [0, 0.1) is 0 Å². The van der Waals surface area contributed by atoms with Gasteiger partial charge in [-0.3, -0.25) is 19.6 Å². The van der Waals surface area contributed by atoms with Crippen LogP contribution in [0.5, 0.6) is 0 Å². The van der Waals surface area contributed by atoms with Crippen molar-refractivity contribution in [3.63, 3.8) is 0 Å². The molecule has 1 fully saturated rings. The molecule has 1 aromatic carbocycles. The fourth-order valence-electron chi connectivity index (χ4n) is 4.21. The van der Waals surface area contributed by atoms with Crippen LogP contribution in [0.25, 0.3) is 0 Å². The van der Waals surface area contributed by atoms with E-state index in [-0.39, 0.29) is 29.2 Å². The van der Waals surface area contributed by atoms with E-state index in [1.54, 1.807) is 24.3 Å². The van der Waals surface area contributed by atoms with Crippen LogP contribution in [-0.2, 0) is 6.42 Å². The second kappa shape index (κ2) is 7.52. The highest BCUT2D eigenvalue weighted by Gasteiger charge is 2.30. The topological polar surface area (TPSA) is 96.0 Å². The van der Waals surface area contributed by atoms with Crippen molar-refractivity contribution in [2.45, 2.75) is 57.0 Å². The molecule has 1 saturated carbocycles. The van der Waals surface area contributed by atoms with Gasteiger partial charge in [0.25, 0.3) is 11.5 Å². The Bertz CT molecular complexity index is 942. The smallest absolute Gasteiger partial charge is 0.309 e. The number of aromatic amines is 1. The second-order valence-electron chi connectivity index (χ2n) is 7.35. The molecule has 0 aliphatic heterocycles. The number of H-pyrrole nitrogens is 1. The average molecular weight is 368 g/mol. The SMILES string of the molecule is O=C(NNC1CCc2c1[nH]c(=O)n(C1CCCCC1)c2=O)c1ccccc1. The lowest BCUT2D eigenvalue weighted by atomic mass is 9.95. The molecule has 0 saturated heterocycles. The van der Waals surface area contributed by atoms with Crippen LogP contribution in [0.4, 0.5) is 0 Å². The van der Waals surface area contributed by atoms with Gasteiger partial charge in [-0.1, -0.05) is 37.5 Å². The molecular formula is C20H24N4O3. The molecule has 7 heteroatoms. The van der Waals surface area contributed by atoms with Gasteiger partial charge in [0.1, 0.15) is 0 Å². The fraction of sp³-hybridized carbons (Fsp3) is 0.450. The molecule has 3 N–H and O–H groups in total. The van der Waals surface area contributed by atoms with Crippen molar-refractivity contribution in [2.24, 2.45) is 0 Å². The number of hydrazine groups is 1. The van der Waals surface area contributed by atoms with E-state index < -0.39 is 0 Å². The Morgan fingerprint density at radius 2 is 1.78 bits per heavy atom. The summed E-state index contributed by atoms with van der Waals surface area (Å²) in [6.07, 6.45) is 6.31. The molecule has 7 nitrogen and oxygen atoms in total. The summed E-state index contributed by atoms with van der Waals surface area (Å²) in [6.45, 7) is 0.